The Bertz CT molecular complexity index is 1010. The molecule has 3 aromatic rings. The molecule has 0 saturated heterocycles. The van der Waals surface area contributed by atoms with E-state index in [-0.39, 0.29) is 5.82 Å². The van der Waals surface area contributed by atoms with E-state index in [1.54, 1.807) is 36.5 Å². The lowest BCUT2D eigenvalue weighted by atomic mass is 9.85. The highest BCUT2D eigenvalue weighted by molar-refractivity contribution is 6.29. The number of nitrogens with zero attached hydrogens (tertiary/aromatic N) is 3. The zero-order chi connectivity index (χ0) is 18.9. The van der Waals surface area contributed by atoms with Crippen molar-refractivity contribution in [1.82, 2.24) is 10.3 Å². The summed E-state index contributed by atoms with van der Waals surface area (Å²) < 4.78 is 13.5. The molecule has 0 aliphatic carbocycles. The Morgan fingerprint density at radius 3 is 2.56 bits per heavy atom. The van der Waals surface area contributed by atoms with Gasteiger partial charge in [0.15, 0.2) is 0 Å². The van der Waals surface area contributed by atoms with Crippen LogP contribution in [0.5, 0.6) is 0 Å². The molecule has 0 radical (unpaired) electrons. The van der Waals surface area contributed by atoms with E-state index in [1.807, 2.05) is 18.2 Å². The van der Waals surface area contributed by atoms with Gasteiger partial charge in [-0.05, 0) is 35.9 Å². The first-order chi connectivity index (χ1) is 13.1. The number of benzene rings is 2. The lowest BCUT2D eigenvalue weighted by Gasteiger charge is -2.26. The van der Waals surface area contributed by atoms with E-state index in [2.05, 4.69) is 16.4 Å². The Morgan fingerprint density at radius 2 is 1.85 bits per heavy atom. The second-order valence-corrected chi connectivity index (χ2v) is 6.63. The molecule has 0 bridgehead atoms. The summed E-state index contributed by atoms with van der Waals surface area (Å²) in [7, 11) is 0. The molecule has 1 aliphatic heterocycles. The summed E-state index contributed by atoms with van der Waals surface area (Å²) in [4.78, 5) is 9.14. The number of pyridine rings is 1. The first-order valence-corrected chi connectivity index (χ1v) is 8.71. The monoisotopic (exact) mass is 376 g/mol. The maximum atomic E-state index is 13.5. The Labute approximate surface area is 161 Å². The standard InChI is InChI=1S/C21H14ClFN4/c22-19-9-6-17(12-25-19)21(16-4-7-18(23)8-5-16)13-26-20(27-21)15-3-1-2-14(10-15)11-24/h1-10,12H,13H2,(H,26,27). The highest BCUT2D eigenvalue weighted by Gasteiger charge is 2.39. The summed E-state index contributed by atoms with van der Waals surface area (Å²) in [5, 5.41) is 12.9. The van der Waals surface area contributed by atoms with Crippen molar-refractivity contribution in [2.45, 2.75) is 5.54 Å². The van der Waals surface area contributed by atoms with E-state index in [1.165, 1.54) is 12.1 Å². The highest BCUT2D eigenvalue weighted by Crippen LogP contribution is 2.37. The van der Waals surface area contributed by atoms with Crippen LogP contribution in [0, 0.1) is 17.1 Å². The van der Waals surface area contributed by atoms with Gasteiger partial charge in [0.2, 0.25) is 0 Å². The van der Waals surface area contributed by atoms with Gasteiger partial charge < -0.3 is 5.32 Å². The molecular formula is C21H14ClFN4. The normalized spacial score (nSPS) is 18.5. The van der Waals surface area contributed by atoms with Crippen LogP contribution in [0.1, 0.15) is 22.3 Å². The SMILES string of the molecule is N#Cc1cccc(C2=NC(c3ccc(F)cc3)(c3ccc(Cl)nc3)CN2)c1. The third kappa shape index (κ3) is 3.16. The van der Waals surface area contributed by atoms with Crippen molar-refractivity contribution in [3.05, 3.63) is 100 Å². The van der Waals surface area contributed by atoms with Gasteiger partial charge in [0.05, 0.1) is 18.2 Å². The zero-order valence-corrected chi connectivity index (χ0v) is 14.9. The highest BCUT2D eigenvalue weighted by atomic mass is 35.5. The molecule has 0 spiro atoms. The predicted octanol–water partition coefficient (Wildman–Crippen LogP) is 4.04. The van der Waals surface area contributed by atoms with Crippen LogP contribution in [0.4, 0.5) is 4.39 Å². The summed E-state index contributed by atoms with van der Waals surface area (Å²) in [5.41, 5.74) is 2.30. The van der Waals surface area contributed by atoms with Crippen LogP contribution in [0.15, 0.2) is 71.9 Å². The molecule has 0 amide bonds. The minimum absolute atomic E-state index is 0.306. The van der Waals surface area contributed by atoms with Gasteiger partial charge in [-0.15, -0.1) is 0 Å². The van der Waals surface area contributed by atoms with Gasteiger partial charge in [-0.2, -0.15) is 5.26 Å². The maximum Gasteiger partial charge on any atom is 0.132 e. The summed E-state index contributed by atoms with van der Waals surface area (Å²) in [6, 6.07) is 19.3. The first kappa shape index (κ1) is 17.2. The van der Waals surface area contributed by atoms with E-state index in [0.29, 0.717) is 23.1 Å². The number of aromatic nitrogens is 1. The molecule has 0 fully saturated rings. The molecule has 1 aliphatic rings. The van der Waals surface area contributed by atoms with Crippen molar-refractivity contribution in [3.8, 4) is 6.07 Å². The molecular weight excluding hydrogens is 363 g/mol. The summed E-state index contributed by atoms with van der Waals surface area (Å²) in [6.45, 7) is 0.480. The van der Waals surface area contributed by atoms with Crippen LogP contribution < -0.4 is 5.32 Å². The summed E-state index contributed by atoms with van der Waals surface area (Å²) in [5.74, 6) is 0.367. The molecule has 6 heteroatoms. The zero-order valence-electron chi connectivity index (χ0n) is 14.2. The minimum atomic E-state index is -0.761. The van der Waals surface area contributed by atoms with Crippen LogP contribution in [0.2, 0.25) is 5.15 Å². The quantitative estimate of drug-likeness (QED) is 0.702. The Hall–Kier alpha value is -3.23. The molecule has 0 saturated carbocycles. The van der Waals surface area contributed by atoms with Gasteiger partial charge in [0, 0.05) is 17.3 Å². The number of amidine groups is 1. The van der Waals surface area contributed by atoms with Gasteiger partial charge >= 0.3 is 0 Å². The fraction of sp³-hybridized carbons (Fsp3) is 0.0952. The van der Waals surface area contributed by atoms with E-state index in [9.17, 15) is 4.39 Å². The third-order valence-corrected chi connectivity index (χ3v) is 4.83. The molecule has 1 N–H and O–H groups in total. The number of aliphatic imine (C=N–C) groups is 1. The second kappa shape index (κ2) is 6.82. The fourth-order valence-corrected chi connectivity index (χ4v) is 3.34. The Kier molecular flexibility index (Phi) is 4.35. The lowest BCUT2D eigenvalue weighted by Crippen LogP contribution is -2.32. The van der Waals surface area contributed by atoms with E-state index >= 15 is 0 Å². The summed E-state index contributed by atoms with van der Waals surface area (Å²) >= 11 is 5.95. The molecule has 2 aromatic carbocycles. The van der Waals surface area contributed by atoms with E-state index in [0.717, 1.165) is 16.7 Å². The van der Waals surface area contributed by atoms with Crippen LogP contribution >= 0.6 is 11.6 Å². The first-order valence-electron chi connectivity index (χ1n) is 8.33. The number of halogens is 2. The number of rotatable bonds is 3. The topological polar surface area (TPSA) is 61.1 Å². The molecule has 132 valence electrons. The van der Waals surface area contributed by atoms with Crippen LogP contribution in [-0.2, 0) is 5.54 Å². The van der Waals surface area contributed by atoms with Gasteiger partial charge in [0.1, 0.15) is 22.3 Å². The average molecular weight is 377 g/mol. The van der Waals surface area contributed by atoms with Crippen molar-refractivity contribution in [3.63, 3.8) is 0 Å². The molecule has 1 unspecified atom stereocenters. The van der Waals surface area contributed by atoms with Crippen LogP contribution in [0.25, 0.3) is 0 Å². The van der Waals surface area contributed by atoms with Crippen LogP contribution in [0.3, 0.4) is 0 Å². The third-order valence-electron chi connectivity index (χ3n) is 4.61. The Morgan fingerprint density at radius 1 is 1.07 bits per heavy atom. The van der Waals surface area contributed by atoms with Gasteiger partial charge in [-0.3, -0.25) is 0 Å². The molecule has 27 heavy (non-hydrogen) atoms. The minimum Gasteiger partial charge on any atom is -0.367 e. The number of nitrogens with one attached hydrogen (secondary N) is 1. The van der Waals surface area contributed by atoms with Gasteiger partial charge in [-0.25, -0.2) is 14.4 Å². The van der Waals surface area contributed by atoms with E-state index in [4.69, 9.17) is 21.9 Å². The average Bonchev–Trinajstić information content (AvgIpc) is 3.16. The van der Waals surface area contributed by atoms with Crippen molar-refractivity contribution in [1.29, 1.82) is 5.26 Å². The van der Waals surface area contributed by atoms with Crippen molar-refractivity contribution >= 4 is 17.4 Å². The molecule has 1 atom stereocenters. The molecule has 2 heterocycles. The fourth-order valence-electron chi connectivity index (χ4n) is 3.23. The predicted molar refractivity (Wildman–Crippen MR) is 102 cm³/mol. The molecule has 4 rings (SSSR count). The van der Waals surface area contributed by atoms with Gasteiger partial charge in [0.25, 0.3) is 0 Å². The van der Waals surface area contributed by atoms with Gasteiger partial charge in [-0.1, -0.05) is 41.9 Å². The lowest BCUT2D eigenvalue weighted by molar-refractivity contribution is 0.562. The molecule has 1 aromatic heterocycles. The maximum absolute atomic E-state index is 13.5. The van der Waals surface area contributed by atoms with Crippen LogP contribution in [-0.4, -0.2) is 17.4 Å². The Balaban J connectivity index is 1.86. The van der Waals surface area contributed by atoms with E-state index < -0.39 is 5.54 Å². The smallest absolute Gasteiger partial charge is 0.132 e. The molecule has 4 nitrogen and oxygen atoms in total. The van der Waals surface area contributed by atoms with Crippen molar-refractivity contribution in [2.75, 3.05) is 6.54 Å². The number of nitriles is 1. The van der Waals surface area contributed by atoms with Crippen molar-refractivity contribution in [2.24, 2.45) is 4.99 Å². The second-order valence-electron chi connectivity index (χ2n) is 6.24. The number of hydrogen-bond acceptors (Lipinski definition) is 4. The number of hydrogen-bond donors (Lipinski definition) is 1. The largest absolute Gasteiger partial charge is 0.367 e. The summed E-state index contributed by atoms with van der Waals surface area (Å²) in [6.07, 6.45) is 1.69. The van der Waals surface area contributed by atoms with Crippen molar-refractivity contribution < 1.29 is 4.39 Å².